The molecular formula is C14H21BrN2O2. The first-order valence-corrected chi connectivity index (χ1v) is 7.39. The van der Waals surface area contributed by atoms with Crippen LogP contribution in [-0.2, 0) is 6.54 Å². The minimum absolute atomic E-state index is 0.422. The number of anilines is 1. The second-order valence-corrected chi connectivity index (χ2v) is 6.26. The summed E-state index contributed by atoms with van der Waals surface area (Å²) in [7, 11) is 0. The third-order valence-electron chi connectivity index (χ3n) is 3.35. The third-order valence-corrected chi connectivity index (χ3v) is 3.84. The lowest BCUT2D eigenvalue weighted by Crippen LogP contribution is -2.26. The zero-order valence-corrected chi connectivity index (χ0v) is 12.9. The Labute approximate surface area is 122 Å². The first kappa shape index (κ1) is 14.8. The summed E-state index contributed by atoms with van der Waals surface area (Å²) in [5.41, 5.74) is 2.25. The highest BCUT2D eigenvalue weighted by atomic mass is 79.9. The number of aliphatic hydroxyl groups is 2. The summed E-state index contributed by atoms with van der Waals surface area (Å²) in [6, 6.07) is 6.56. The molecule has 0 spiro atoms. The van der Waals surface area contributed by atoms with Crippen molar-refractivity contribution < 1.29 is 10.2 Å². The molecule has 0 bridgehead atoms. The van der Waals surface area contributed by atoms with Crippen molar-refractivity contribution >= 4 is 21.6 Å². The molecule has 1 fully saturated rings. The minimum atomic E-state index is -0.662. The fourth-order valence-electron chi connectivity index (χ4n) is 2.26. The molecule has 1 aliphatic heterocycles. The summed E-state index contributed by atoms with van der Waals surface area (Å²) in [5.74, 6) is 0. The van der Waals surface area contributed by atoms with Gasteiger partial charge in [-0.3, -0.25) is 0 Å². The van der Waals surface area contributed by atoms with Crippen LogP contribution in [-0.4, -0.2) is 41.6 Å². The first-order chi connectivity index (χ1) is 8.97. The molecule has 2 atom stereocenters. The maximum atomic E-state index is 9.69. The molecule has 1 heterocycles. The molecule has 0 saturated carbocycles. The van der Waals surface area contributed by atoms with Crippen LogP contribution in [0.2, 0.25) is 0 Å². The van der Waals surface area contributed by atoms with E-state index in [-0.39, 0.29) is 0 Å². The quantitative estimate of drug-likeness (QED) is 0.783. The second kappa shape index (κ2) is 6.22. The molecule has 0 amide bonds. The minimum Gasteiger partial charge on any atom is -0.389 e. The van der Waals surface area contributed by atoms with Crippen molar-refractivity contribution in [2.24, 2.45) is 0 Å². The predicted molar refractivity (Wildman–Crippen MR) is 80.3 cm³/mol. The number of hydrogen-bond acceptors (Lipinski definition) is 4. The Kier molecular flexibility index (Phi) is 4.84. The molecular weight excluding hydrogens is 308 g/mol. The normalized spacial score (nSPS) is 23.4. The Morgan fingerprint density at radius 1 is 1.32 bits per heavy atom. The van der Waals surface area contributed by atoms with E-state index in [1.54, 1.807) is 0 Å². The molecule has 19 heavy (non-hydrogen) atoms. The number of nitrogens with one attached hydrogen (secondary N) is 1. The van der Waals surface area contributed by atoms with E-state index in [0.29, 0.717) is 19.1 Å². The summed E-state index contributed by atoms with van der Waals surface area (Å²) in [6.45, 7) is 5.96. The molecule has 4 nitrogen and oxygen atoms in total. The summed E-state index contributed by atoms with van der Waals surface area (Å²) < 4.78 is 1.01. The van der Waals surface area contributed by atoms with Gasteiger partial charge in [-0.05, 0) is 17.7 Å². The van der Waals surface area contributed by atoms with Gasteiger partial charge >= 0.3 is 0 Å². The maximum Gasteiger partial charge on any atom is 0.0990 e. The van der Waals surface area contributed by atoms with Gasteiger partial charge in [0.2, 0.25) is 0 Å². The number of rotatable bonds is 4. The van der Waals surface area contributed by atoms with E-state index in [4.69, 9.17) is 0 Å². The van der Waals surface area contributed by atoms with Gasteiger partial charge in [0.05, 0.1) is 12.2 Å². The van der Waals surface area contributed by atoms with E-state index < -0.39 is 12.2 Å². The third kappa shape index (κ3) is 3.69. The molecule has 0 radical (unpaired) electrons. The van der Waals surface area contributed by atoms with E-state index in [1.165, 1.54) is 5.56 Å². The number of nitrogens with zero attached hydrogens (tertiary/aromatic N) is 1. The summed E-state index contributed by atoms with van der Waals surface area (Å²) in [6.07, 6.45) is -1.32. The molecule has 0 aliphatic carbocycles. The van der Waals surface area contributed by atoms with Crippen LogP contribution in [0.1, 0.15) is 19.4 Å². The fourth-order valence-corrected chi connectivity index (χ4v) is 2.61. The number of halogens is 1. The van der Waals surface area contributed by atoms with Crippen molar-refractivity contribution in [3.8, 4) is 0 Å². The van der Waals surface area contributed by atoms with Crippen LogP contribution >= 0.6 is 15.9 Å². The average molecular weight is 329 g/mol. The summed E-state index contributed by atoms with van der Waals surface area (Å²) >= 11 is 3.48. The lowest BCUT2D eigenvalue weighted by molar-refractivity contribution is 0.0572. The van der Waals surface area contributed by atoms with Crippen molar-refractivity contribution in [1.29, 1.82) is 0 Å². The maximum absolute atomic E-state index is 9.69. The Morgan fingerprint density at radius 3 is 2.53 bits per heavy atom. The molecule has 1 aliphatic rings. The van der Waals surface area contributed by atoms with Crippen LogP contribution in [0, 0.1) is 0 Å². The fraction of sp³-hybridized carbons (Fsp3) is 0.571. The Bertz CT molecular complexity index is 429. The SMILES string of the molecule is CC(C)NCc1ccc(Br)cc1N1CC(O)C(O)C1. The summed E-state index contributed by atoms with van der Waals surface area (Å²) in [5, 5.41) is 22.8. The van der Waals surface area contributed by atoms with E-state index in [1.807, 2.05) is 17.0 Å². The van der Waals surface area contributed by atoms with Crippen LogP contribution in [0.3, 0.4) is 0 Å². The molecule has 1 aromatic carbocycles. The molecule has 2 unspecified atom stereocenters. The topological polar surface area (TPSA) is 55.7 Å². The van der Waals surface area contributed by atoms with E-state index in [9.17, 15) is 10.2 Å². The standard InChI is InChI=1S/C14H21BrN2O2/c1-9(2)16-6-10-3-4-11(15)5-12(10)17-7-13(18)14(19)8-17/h3-5,9,13-14,16,18-19H,6-8H2,1-2H3. The van der Waals surface area contributed by atoms with Crippen molar-refractivity contribution in [3.05, 3.63) is 28.2 Å². The summed E-state index contributed by atoms with van der Waals surface area (Å²) in [4.78, 5) is 2.04. The molecule has 1 aromatic rings. The molecule has 3 N–H and O–H groups in total. The Balaban J connectivity index is 2.20. The van der Waals surface area contributed by atoms with Crippen LogP contribution in [0.25, 0.3) is 0 Å². The van der Waals surface area contributed by atoms with Crippen LogP contribution < -0.4 is 10.2 Å². The highest BCUT2D eigenvalue weighted by Crippen LogP contribution is 2.28. The molecule has 2 rings (SSSR count). The highest BCUT2D eigenvalue weighted by Gasteiger charge is 2.30. The zero-order valence-electron chi connectivity index (χ0n) is 11.3. The Hall–Kier alpha value is -0.620. The lowest BCUT2D eigenvalue weighted by Gasteiger charge is -2.22. The predicted octanol–water partition coefficient (Wildman–Crippen LogP) is 1.49. The van der Waals surface area contributed by atoms with Gasteiger partial charge in [0, 0.05) is 35.8 Å². The zero-order chi connectivity index (χ0) is 14.0. The van der Waals surface area contributed by atoms with Gasteiger partial charge in [-0.2, -0.15) is 0 Å². The van der Waals surface area contributed by atoms with Gasteiger partial charge in [0.15, 0.2) is 0 Å². The van der Waals surface area contributed by atoms with Gasteiger partial charge in [0.25, 0.3) is 0 Å². The highest BCUT2D eigenvalue weighted by molar-refractivity contribution is 9.10. The van der Waals surface area contributed by atoms with Crippen molar-refractivity contribution in [1.82, 2.24) is 5.32 Å². The smallest absolute Gasteiger partial charge is 0.0990 e. The molecule has 0 aromatic heterocycles. The largest absolute Gasteiger partial charge is 0.389 e. The van der Waals surface area contributed by atoms with Crippen molar-refractivity contribution in [2.45, 2.75) is 38.6 Å². The molecule has 1 saturated heterocycles. The number of benzene rings is 1. The second-order valence-electron chi connectivity index (χ2n) is 5.35. The molecule has 5 heteroatoms. The van der Waals surface area contributed by atoms with Crippen molar-refractivity contribution in [3.63, 3.8) is 0 Å². The van der Waals surface area contributed by atoms with Gasteiger partial charge < -0.3 is 20.4 Å². The average Bonchev–Trinajstić information content (AvgIpc) is 2.68. The number of hydrogen-bond donors (Lipinski definition) is 3. The molecule has 106 valence electrons. The van der Waals surface area contributed by atoms with E-state index >= 15 is 0 Å². The number of β-amino-alcohol motifs (C(OH)–C–C–N with tert-alkyl or cyclic N) is 2. The Morgan fingerprint density at radius 2 is 1.95 bits per heavy atom. The number of aliphatic hydroxyl groups excluding tert-OH is 2. The monoisotopic (exact) mass is 328 g/mol. The van der Waals surface area contributed by atoms with Gasteiger partial charge in [0.1, 0.15) is 0 Å². The van der Waals surface area contributed by atoms with Gasteiger partial charge in [-0.15, -0.1) is 0 Å². The van der Waals surface area contributed by atoms with Crippen molar-refractivity contribution in [2.75, 3.05) is 18.0 Å². The van der Waals surface area contributed by atoms with E-state index in [0.717, 1.165) is 16.7 Å². The first-order valence-electron chi connectivity index (χ1n) is 6.60. The van der Waals surface area contributed by atoms with Gasteiger partial charge in [-0.1, -0.05) is 35.8 Å². The van der Waals surface area contributed by atoms with Crippen LogP contribution in [0.15, 0.2) is 22.7 Å². The van der Waals surface area contributed by atoms with Crippen LogP contribution in [0.4, 0.5) is 5.69 Å². The van der Waals surface area contributed by atoms with Crippen LogP contribution in [0.5, 0.6) is 0 Å². The van der Waals surface area contributed by atoms with E-state index in [2.05, 4.69) is 41.2 Å². The lowest BCUT2D eigenvalue weighted by atomic mass is 10.1. The van der Waals surface area contributed by atoms with Gasteiger partial charge in [-0.25, -0.2) is 0 Å².